The number of benzene rings is 2. The molecule has 1 aliphatic rings. The number of carbonyl (C=O) groups excluding carboxylic acids is 1. The van der Waals surface area contributed by atoms with Crippen molar-refractivity contribution in [3.8, 4) is 11.5 Å². The maximum absolute atomic E-state index is 13.2. The maximum Gasteiger partial charge on any atom is 0.254 e. The Bertz CT molecular complexity index is 1240. The molecule has 5 rings (SSSR count). The highest BCUT2D eigenvalue weighted by Gasteiger charge is 2.32. The molecule has 0 radical (unpaired) electrons. The summed E-state index contributed by atoms with van der Waals surface area (Å²) in [5, 5.41) is 4.89. The van der Waals surface area contributed by atoms with Crippen LogP contribution in [-0.2, 0) is 13.1 Å². The molecule has 0 fully saturated rings. The Morgan fingerprint density at radius 2 is 1.73 bits per heavy atom. The number of fused-ring (bicyclic) bond motifs is 1. The summed E-state index contributed by atoms with van der Waals surface area (Å²) < 4.78 is 17.2. The molecule has 0 aliphatic carbocycles. The Hall–Kier alpha value is -3.67. The van der Waals surface area contributed by atoms with Crippen molar-refractivity contribution in [2.45, 2.75) is 26.9 Å². The SMILES string of the molecule is Cc1ccc(-n2nc3c(c2-n2cccc2)CN(C(=O)c2ccc(F)cc2)C3)c(C)c1. The highest BCUT2D eigenvalue weighted by molar-refractivity contribution is 5.94. The summed E-state index contributed by atoms with van der Waals surface area (Å²) in [7, 11) is 0. The van der Waals surface area contributed by atoms with Crippen molar-refractivity contribution in [2.75, 3.05) is 0 Å². The summed E-state index contributed by atoms with van der Waals surface area (Å²) in [5.41, 5.74) is 5.76. The van der Waals surface area contributed by atoms with Crippen LogP contribution in [0.3, 0.4) is 0 Å². The molecular weight excluding hydrogens is 379 g/mol. The monoisotopic (exact) mass is 400 g/mol. The topological polar surface area (TPSA) is 43.1 Å². The lowest BCUT2D eigenvalue weighted by molar-refractivity contribution is 0.0749. The van der Waals surface area contributed by atoms with E-state index >= 15 is 0 Å². The highest BCUT2D eigenvalue weighted by atomic mass is 19.1. The van der Waals surface area contributed by atoms with E-state index in [4.69, 9.17) is 5.10 Å². The van der Waals surface area contributed by atoms with Crippen LogP contribution < -0.4 is 0 Å². The fraction of sp³-hybridized carbons (Fsp3) is 0.167. The number of nitrogens with zero attached hydrogens (tertiary/aromatic N) is 4. The second-order valence-electron chi connectivity index (χ2n) is 7.71. The third-order valence-electron chi connectivity index (χ3n) is 5.54. The van der Waals surface area contributed by atoms with E-state index in [2.05, 4.69) is 32.0 Å². The molecule has 0 bridgehead atoms. The van der Waals surface area contributed by atoms with Gasteiger partial charge in [-0.1, -0.05) is 17.7 Å². The van der Waals surface area contributed by atoms with Crippen LogP contribution in [0.2, 0.25) is 0 Å². The molecule has 0 saturated heterocycles. The minimum Gasteiger partial charge on any atom is -0.328 e. The van der Waals surface area contributed by atoms with Crippen LogP contribution in [-0.4, -0.2) is 25.2 Å². The minimum absolute atomic E-state index is 0.121. The number of carbonyl (C=O) groups is 1. The maximum atomic E-state index is 13.2. The third kappa shape index (κ3) is 3.01. The first-order chi connectivity index (χ1) is 14.5. The molecule has 0 atom stereocenters. The lowest BCUT2D eigenvalue weighted by atomic mass is 10.1. The fourth-order valence-electron chi connectivity index (χ4n) is 4.07. The molecule has 0 saturated carbocycles. The van der Waals surface area contributed by atoms with Crippen LogP contribution >= 0.6 is 0 Å². The highest BCUT2D eigenvalue weighted by Crippen LogP contribution is 2.32. The van der Waals surface area contributed by atoms with Gasteiger partial charge in [0.15, 0.2) is 0 Å². The van der Waals surface area contributed by atoms with Crippen LogP contribution in [0, 0.1) is 19.7 Å². The van der Waals surface area contributed by atoms with E-state index in [1.807, 2.05) is 33.8 Å². The Labute approximate surface area is 174 Å². The van der Waals surface area contributed by atoms with Crippen molar-refractivity contribution in [3.63, 3.8) is 0 Å². The molecule has 0 N–H and O–H groups in total. The summed E-state index contributed by atoms with van der Waals surface area (Å²) in [6.07, 6.45) is 3.98. The molecule has 6 heteroatoms. The van der Waals surface area contributed by atoms with E-state index in [0.29, 0.717) is 18.7 Å². The second kappa shape index (κ2) is 6.99. The van der Waals surface area contributed by atoms with Crippen molar-refractivity contribution in [1.29, 1.82) is 0 Å². The molecule has 0 unspecified atom stereocenters. The van der Waals surface area contributed by atoms with Gasteiger partial charge in [-0.2, -0.15) is 5.10 Å². The van der Waals surface area contributed by atoms with Gasteiger partial charge < -0.3 is 9.47 Å². The number of hydrogen-bond acceptors (Lipinski definition) is 2. The summed E-state index contributed by atoms with van der Waals surface area (Å²) in [6.45, 7) is 5.05. The average molecular weight is 400 g/mol. The van der Waals surface area contributed by atoms with Crippen molar-refractivity contribution in [1.82, 2.24) is 19.2 Å². The number of aryl methyl sites for hydroxylation is 2. The van der Waals surface area contributed by atoms with E-state index < -0.39 is 0 Å². The van der Waals surface area contributed by atoms with Gasteiger partial charge in [0.2, 0.25) is 0 Å². The van der Waals surface area contributed by atoms with Gasteiger partial charge in [-0.3, -0.25) is 4.79 Å². The van der Waals surface area contributed by atoms with Gasteiger partial charge in [-0.25, -0.2) is 9.07 Å². The second-order valence-corrected chi connectivity index (χ2v) is 7.71. The molecule has 2 aromatic heterocycles. The van der Waals surface area contributed by atoms with Gasteiger partial charge in [-0.15, -0.1) is 0 Å². The largest absolute Gasteiger partial charge is 0.328 e. The van der Waals surface area contributed by atoms with Crippen molar-refractivity contribution in [3.05, 3.63) is 101 Å². The summed E-state index contributed by atoms with van der Waals surface area (Å²) in [5.74, 6) is 0.469. The van der Waals surface area contributed by atoms with Gasteiger partial charge in [0, 0.05) is 23.5 Å². The van der Waals surface area contributed by atoms with Gasteiger partial charge in [-0.05, 0) is 61.9 Å². The van der Waals surface area contributed by atoms with E-state index in [1.54, 1.807) is 4.90 Å². The van der Waals surface area contributed by atoms with Crippen molar-refractivity contribution in [2.24, 2.45) is 0 Å². The number of amides is 1. The van der Waals surface area contributed by atoms with E-state index in [-0.39, 0.29) is 11.7 Å². The first-order valence-corrected chi connectivity index (χ1v) is 9.88. The number of rotatable bonds is 3. The smallest absolute Gasteiger partial charge is 0.254 e. The van der Waals surface area contributed by atoms with Crippen molar-refractivity contribution >= 4 is 5.91 Å². The zero-order chi connectivity index (χ0) is 20.8. The zero-order valence-corrected chi connectivity index (χ0v) is 16.8. The number of halogens is 1. The first-order valence-electron chi connectivity index (χ1n) is 9.88. The van der Waals surface area contributed by atoms with Crippen molar-refractivity contribution < 1.29 is 9.18 Å². The van der Waals surface area contributed by atoms with Crippen LogP contribution in [0.15, 0.2) is 67.0 Å². The third-order valence-corrected chi connectivity index (χ3v) is 5.54. The summed E-state index contributed by atoms with van der Waals surface area (Å²) >= 11 is 0. The lowest BCUT2D eigenvalue weighted by Crippen LogP contribution is -2.26. The van der Waals surface area contributed by atoms with Crippen LogP contribution in [0.4, 0.5) is 4.39 Å². The molecule has 1 amide bonds. The molecule has 3 heterocycles. The van der Waals surface area contributed by atoms with Gasteiger partial charge in [0.25, 0.3) is 5.91 Å². The lowest BCUT2D eigenvalue weighted by Gasteiger charge is -2.18. The number of hydrogen-bond donors (Lipinski definition) is 0. The predicted octanol–water partition coefficient (Wildman–Crippen LogP) is 4.57. The molecule has 150 valence electrons. The molecule has 0 spiro atoms. The van der Waals surface area contributed by atoms with Crippen LogP contribution in [0.1, 0.15) is 32.7 Å². The Kier molecular flexibility index (Phi) is 4.28. The molecular formula is C24H21FN4O. The van der Waals surface area contributed by atoms with Gasteiger partial charge >= 0.3 is 0 Å². The number of aromatic nitrogens is 3. The Balaban J connectivity index is 1.56. The Morgan fingerprint density at radius 3 is 2.43 bits per heavy atom. The fourth-order valence-corrected chi connectivity index (χ4v) is 4.07. The molecule has 4 aromatic rings. The average Bonchev–Trinajstić information content (AvgIpc) is 3.44. The zero-order valence-electron chi connectivity index (χ0n) is 16.8. The molecule has 5 nitrogen and oxygen atoms in total. The normalized spacial score (nSPS) is 13.0. The minimum atomic E-state index is -0.351. The van der Waals surface area contributed by atoms with E-state index in [0.717, 1.165) is 28.3 Å². The standard InChI is InChI=1S/C24H21FN4O/c1-16-5-10-22(17(2)13-16)29-23(27-11-3-4-12-27)20-14-28(15-21(20)26-29)24(30)18-6-8-19(25)9-7-18/h3-13H,14-15H2,1-2H3. The predicted molar refractivity (Wildman–Crippen MR) is 112 cm³/mol. The van der Waals surface area contributed by atoms with E-state index in [1.165, 1.54) is 29.8 Å². The summed E-state index contributed by atoms with van der Waals surface area (Å²) in [4.78, 5) is 14.7. The van der Waals surface area contributed by atoms with Crippen LogP contribution in [0.25, 0.3) is 11.5 Å². The summed E-state index contributed by atoms with van der Waals surface area (Å²) in [6, 6.07) is 15.9. The van der Waals surface area contributed by atoms with E-state index in [9.17, 15) is 9.18 Å². The van der Waals surface area contributed by atoms with Crippen LogP contribution in [0.5, 0.6) is 0 Å². The van der Waals surface area contributed by atoms with Gasteiger partial charge in [0.05, 0.1) is 24.5 Å². The Morgan fingerprint density at radius 1 is 1.00 bits per heavy atom. The quantitative estimate of drug-likeness (QED) is 0.505. The first kappa shape index (κ1) is 18.4. The molecule has 1 aliphatic heterocycles. The molecule has 30 heavy (non-hydrogen) atoms. The molecule has 2 aromatic carbocycles. The van der Waals surface area contributed by atoms with Gasteiger partial charge in [0.1, 0.15) is 11.6 Å².